The summed E-state index contributed by atoms with van der Waals surface area (Å²) in [7, 11) is 0. The molecule has 0 saturated carbocycles. The minimum Gasteiger partial charge on any atom is -0.369 e. The van der Waals surface area contributed by atoms with Gasteiger partial charge in [-0.3, -0.25) is 4.79 Å². The van der Waals surface area contributed by atoms with Crippen molar-refractivity contribution in [3.05, 3.63) is 12.2 Å². The van der Waals surface area contributed by atoms with Crippen molar-refractivity contribution in [1.29, 1.82) is 0 Å². The summed E-state index contributed by atoms with van der Waals surface area (Å²) in [4.78, 5) is 11.9. The van der Waals surface area contributed by atoms with Crippen LogP contribution < -0.4 is 5.73 Å². The second kappa shape index (κ2) is 15.5. The van der Waals surface area contributed by atoms with Crippen LogP contribution in [0.3, 0.4) is 0 Å². The highest BCUT2D eigenvalue weighted by Gasteiger charge is 2.37. The Morgan fingerprint density at radius 3 is 1.80 bits per heavy atom. The lowest BCUT2D eigenvalue weighted by atomic mass is 9.69. The minimum atomic E-state index is -0.295. The molecule has 0 saturated heterocycles. The molecule has 1 unspecified atom stereocenters. The summed E-state index contributed by atoms with van der Waals surface area (Å²) in [5.74, 6) is 0.283. The van der Waals surface area contributed by atoms with Crippen molar-refractivity contribution in [3.8, 4) is 0 Å². The third kappa shape index (κ3) is 10.1. The molecule has 2 heteroatoms. The fourth-order valence-electron chi connectivity index (χ4n) is 3.98. The molecular weight excluding hydrogens is 306 g/mol. The molecule has 0 aliphatic heterocycles. The largest absolute Gasteiger partial charge is 0.369 e. The molecule has 148 valence electrons. The average Bonchev–Trinajstić information content (AvgIpc) is 2.60. The Balaban J connectivity index is 3.69. The second-order valence-corrected chi connectivity index (χ2v) is 7.79. The van der Waals surface area contributed by atoms with Gasteiger partial charge < -0.3 is 5.73 Å². The highest BCUT2D eigenvalue weighted by Crippen LogP contribution is 2.37. The van der Waals surface area contributed by atoms with E-state index in [0.717, 1.165) is 19.3 Å². The van der Waals surface area contributed by atoms with Crippen molar-refractivity contribution >= 4 is 5.91 Å². The van der Waals surface area contributed by atoms with Gasteiger partial charge in [0.2, 0.25) is 5.91 Å². The van der Waals surface area contributed by atoms with Gasteiger partial charge in [0, 0.05) is 0 Å². The number of rotatable bonds is 17. The summed E-state index contributed by atoms with van der Waals surface area (Å²) in [6.45, 7) is 8.67. The topological polar surface area (TPSA) is 43.1 Å². The first-order chi connectivity index (χ1) is 12.0. The van der Waals surface area contributed by atoms with Crippen LogP contribution in [0.15, 0.2) is 12.2 Å². The van der Waals surface area contributed by atoms with Crippen LogP contribution in [0.5, 0.6) is 0 Å². The van der Waals surface area contributed by atoms with Crippen molar-refractivity contribution in [1.82, 2.24) is 0 Å². The van der Waals surface area contributed by atoms with Crippen LogP contribution in [0.2, 0.25) is 0 Å². The molecule has 0 aromatic heterocycles. The van der Waals surface area contributed by atoms with E-state index in [1.807, 2.05) is 0 Å². The van der Waals surface area contributed by atoms with Gasteiger partial charge in [-0.2, -0.15) is 0 Å². The molecule has 0 bridgehead atoms. The minimum absolute atomic E-state index is 0.109. The second-order valence-electron chi connectivity index (χ2n) is 7.79. The van der Waals surface area contributed by atoms with E-state index in [2.05, 4.69) is 39.8 Å². The van der Waals surface area contributed by atoms with Crippen molar-refractivity contribution in [3.63, 3.8) is 0 Å². The standard InChI is InChI=1S/C23H45NO/c1-5-8-9-10-11-12-13-14-15-16-17-18-19-20-21(4)23(6-2,7-3)22(24)25/h14-15,21H,5-13,16-20H2,1-4H3,(H2,24,25)/b15-14-. The summed E-state index contributed by atoms with van der Waals surface area (Å²) in [5.41, 5.74) is 5.39. The summed E-state index contributed by atoms with van der Waals surface area (Å²) in [5, 5.41) is 0. The van der Waals surface area contributed by atoms with Gasteiger partial charge in [-0.15, -0.1) is 0 Å². The molecule has 0 aliphatic carbocycles. The van der Waals surface area contributed by atoms with Crippen molar-refractivity contribution in [2.45, 2.75) is 118 Å². The molecule has 0 aromatic carbocycles. The number of carbonyl (C=O) groups excluding carboxylic acids is 1. The molecule has 0 fully saturated rings. The number of allylic oxidation sites excluding steroid dienone is 2. The summed E-state index contributed by atoms with van der Waals surface area (Å²) in [6, 6.07) is 0. The van der Waals surface area contributed by atoms with Crippen molar-refractivity contribution < 1.29 is 4.79 Å². The van der Waals surface area contributed by atoms with Crippen LogP contribution >= 0.6 is 0 Å². The zero-order chi connectivity index (χ0) is 19.0. The Bertz CT molecular complexity index is 344. The quantitative estimate of drug-likeness (QED) is 0.219. The van der Waals surface area contributed by atoms with E-state index in [1.165, 1.54) is 70.6 Å². The van der Waals surface area contributed by atoms with Gasteiger partial charge in [0.05, 0.1) is 5.41 Å². The van der Waals surface area contributed by atoms with Crippen LogP contribution in [-0.4, -0.2) is 5.91 Å². The van der Waals surface area contributed by atoms with Gasteiger partial charge in [-0.25, -0.2) is 0 Å². The van der Waals surface area contributed by atoms with E-state index in [-0.39, 0.29) is 11.3 Å². The maximum atomic E-state index is 11.9. The third-order valence-electron chi connectivity index (χ3n) is 6.09. The van der Waals surface area contributed by atoms with Crippen LogP contribution in [0.1, 0.15) is 118 Å². The van der Waals surface area contributed by atoms with Crippen LogP contribution in [0.4, 0.5) is 0 Å². The van der Waals surface area contributed by atoms with Crippen LogP contribution in [-0.2, 0) is 4.79 Å². The number of unbranched alkanes of at least 4 members (excludes halogenated alkanes) is 9. The highest BCUT2D eigenvalue weighted by molar-refractivity contribution is 5.81. The van der Waals surface area contributed by atoms with E-state index in [4.69, 9.17) is 5.73 Å². The molecule has 0 heterocycles. The summed E-state index contributed by atoms with van der Waals surface area (Å²) >= 11 is 0. The molecule has 0 rings (SSSR count). The van der Waals surface area contributed by atoms with E-state index >= 15 is 0 Å². The number of hydrogen-bond acceptors (Lipinski definition) is 1. The van der Waals surface area contributed by atoms with Gasteiger partial charge in [-0.05, 0) is 50.9 Å². The maximum absolute atomic E-state index is 11.9. The summed E-state index contributed by atoms with van der Waals surface area (Å²) in [6.07, 6.45) is 22.0. The summed E-state index contributed by atoms with van der Waals surface area (Å²) < 4.78 is 0. The first-order valence-electron chi connectivity index (χ1n) is 11.0. The molecule has 1 amide bonds. The number of hydrogen-bond donors (Lipinski definition) is 1. The molecule has 2 nitrogen and oxygen atoms in total. The molecule has 25 heavy (non-hydrogen) atoms. The smallest absolute Gasteiger partial charge is 0.223 e. The van der Waals surface area contributed by atoms with Gasteiger partial charge in [0.25, 0.3) is 0 Å². The normalized spacial score (nSPS) is 13.4. The zero-order valence-electron chi connectivity index (χ0n) is 17.6. The monoisotopic (exact) mass is 351 g/mol. The first kappa shape index (κ1) is 24.2. The molecule has 1 atom stereocenters. The molecule has 2 N–H and O–H groups in total. The van der Waals surface area contributed by atoms with Crippen molar-refractivity contribution in [2.24, 2.45) is 17.1 Å². The third-order valence-corrected chi connectivity index (χ3v) is 6.09. The van der Waals surface area contributed by atoms with Crippen molar-refractivity contribution in [2.75, 3.05) is 0 Å². The lowest BCUT2D eigenvalue weighted by Gasteiger charge is -2.34. The fraction of sp³-hybridized carbons (Fsp3) is 0.870. The van der Waals surface area contributed by atoms with Crippen LogP contribution in [0.25, 0.3) is 0 Å². The van der Waals surface area contributed by atoms with E-state index in [9.17, 15) is 4.79 Å². The molecule has 0 radical (unpaired) electrons. The highest BCUT2D eigenvalue weighted by atomic mass is 16.1. The molecule has 0 spiro atoms. The lowest BCUT2D eigenvalue weighted by molar-refractivity contribution is -0.131. The van der Waals surface area contributed by atoms with E-state index in [0.29, 0.717) is 5.92 Å². The lowest BCUT2D eigenvalue weighted by Crippen LogP contribution is -2.41. The fourth-order valence-corrected chi connectivity index (χ4v) is 3.98. The van der Waals surface area contributed by atoms with Gasteiger partial charge >= 0.3 is 0 Å². The zero-order valence-corrected chi connectivity index (χ0v) is 17.6. The van der Waals surface area contributed by atoms with Crippen LogP contribution in [0, 0.1) is 11.3 Å². The van der Waals surface area contributed by atoms with Gasteiger partial charge in [0.1, 0.15) is 0 Å². The molecule has 0 aliphatic rings. The Kier molecular flexibility index (Phi) is 15.0. The number of nitrogens with two attached hydrogens (primary N) is 1. The maximum Gasteiger partial charge on any atom is 0.223 e. The van der Waals surface area contributed by atoms with E-state index in [1.54, 1.807) is 0 Å². The molecular formula is C23H45NO. The van der Waals surface area contributed by atoms with Gasteiger partial charge in [0.15, 0.2) is 0 Å². The Morgan fingerprint density at radius 2 is 1.32 bits per heavy atom. The predicted molar refractivity (Wildman–Crippen MR) is 112 cm³/mol. The molecule has 0 aromatic rings. The Labute approximate surface area is 158 Å². The Hall–Kier alpha value is -0.790. The first-order valence-corrected chi connectivity index (χ1v) is 11.0. The van der Waals surface area contributed by atoms with Gasteiger partial charge in [-0.1, -0.05) is 84.8 Å². The average molecular weight is 352 g/mol. The van der Waals surface area contributed by atoms with E-state index < -0.39 is 0 Å². The SMILES string of the molecule is CCCCCCCC/C=C\CCCCCC(C)C(CC)(CC)C(N)=O. The Morgan fingerprint density at radius 1 is 0.840 bits per heavy atom. The predicted octanol–water partition coefficient (Wildman–Crippen LogP) is 7.17. The number of primary amides is 1. The number of carbonyl (C=O) groups is 1. The number of amides is 1.